The third-order valence-corrected chi connectivity index (χ3v) is 3.98. The normalized spacial score (nSPS) is 16.0. The monoisotopic (exact) mass is 322 g/mol. The summed E-state index contributed by atoms with van der Waals surface area (Å²) in [5.74, 6) is 0.137. The van der Waals surface area contributed by atoms with Gasteiger partial charge in [-0.05, 0) is 37.2 Å². The van der Waals surface area contributed by atoms with Crippen molar-refractivity contribution in [1.82, 2.24) is 10.2 Å². The Morgan fingerprint density at radius 2 is 2.09 bits per heavy atom. The Morgan fingerprint density at radius 1 is 1.27 bits per heavy atom. The van der Waals surface area contributed by atoms with Gasteiger partial charge in [-0.3, -0.25) is 9.69 Å². The maximum atomic E-state index is 12.1. The number of carbonyl (C=O) groups is 1. The highest BCUT2D eigenvalue weighted by molar-refractivity contribution is 6.31. The Hall–Kier alpha value is -1.56. The van der Waals surface area contributed by atoms with Gasteiger partial charge in [0.2, 0.25) is 0 Å². The number of ether oxygens (including phenoxy) is 1. The molecule has 1 amide bonds. The van der Waals surface area contributed by atoms with Gasteiger partial charge >= 0.3 is 0 Å². The van der Waals surface area contributed by atoms with Gasteiger partial charge in [0.15, 0.2) is 5.76 Å². The van der Waals surface area contributed by atoms with Crippen LogP contribution in [0.3, 0.4) is 0 Å². The molecule has 0 spiro atoms. The molecule has 5 nitrogen and oxygen atoms in total. The summed E-state index contributed by atoms with van der Waals surface area (Å²) in [6.07, 6.45) is 0.914. The lowest BCUT2D eigenvalue weighted by atomic mass is 10.2. The van der Waals surface area contributed by atoms with E-state index in [2.05, 4.69) is 10.2 Å². The van der Waals surface area contributed by atoms with Crippen LogP contribution in [0.5, 0.6) is 0 Å². The fourth-order valence-corrected chi connectivity index (χ4v) is 2.72. The van der Waals surface area contributed by atoms with Crippen LogP contribution < -0.4 is 5.32 Å². The van der Waals surface area contributed by atoms with Crippen LogP contribution in [0.1, 0.15) is 17.0 Å². The summed E-state index contributed by atoms with van der Waals surface area (Å²) in [4.78, 5) is 14.4. The largest absolute Gasteiger partial charge is 0.451 e. The summed E-state index contributed by atoms with van der Waals surface area (Å²) < 4.78 is 10.8. The first-order valence-corrected chi connectivity index (χ1v) is 7.87. The van der Waals surface area contributed by atoms with Crippen molar-refractivity contribution in [2.24, 2.45) is 0 Å². The van der Waals surface area contributed by atoms with Gasteiger partial charge in [0.25, 0.3) is 5.91 Å². The minimum absolute atomic E-state index is 0.186. The number of nitrogens with one attached hydrogen (secondary N) is 1. The van der Waals surface area contributed by atoms with E-state index in [9.17, 15) is 4.79 Å². The predicted octanol–water partition coefficient (Wildman–Crippen LogP) is 2.54. The Bertz CT molecular complexity index is 650. The minimum atomic E-state index is -0.186. The summed E-state index contributed by atoms with van der Waals surface area (Å²) in [6.45, 7) is 5.14. The van der Waals surface area contributed by atoms with Crippen LogP contribution in [0.15, 0.2) is 28.7 Å². The van der Waals surface area contributed by atoms with Gasteiger partial charge in [0, 0.05) is 30.0 Å². The van der Waals surface area contributed by atoms with Crippen LogP contribution in [0.4, 0.5) is 0 Å². The molecule has 0 bridgehead atoms. The second-order valence-corrected chi connectivity index (χ2v) is 5.79. The molecular formula is C16H19ClN2O3. The molecule has 3 rings (SSSR count). The van der Waals surface area contributed by atoms with Crippen LogP contribution >= 0.6 is 11.6 Å². The molecule has 2 heterocycles. The van der Waals surface area contributed by atoms with Crippen LogP contribution in [0, 0.1) is 0 Å². The third-order valence-electron chi connectivity index (χ3n) is 3.74. The lowest BCUT2D eigenvalue weighted by Crippen LogP contribution is -2.38. The lowest BCUT2D eigenvalue weighted by Gasteiger charge is -2.26. The summed E-state index contributed by atoms with van der Waals surface area (Å²) in [7, 11) is 0. The molecule has 0 saturated carbocycles. The van der Waals surface area contributed by atoms with Crippen molar-refractivity contribution in [3.63, 3.8) is 0 Å². The minimum Gasteiger partial charge on any atom is -0.451 e. The Morgan fingerprint density at radius 3 is 2.91 bits per heavy atom. The molecule has 2 aromatic rings. The number of rotatable bonds is 5. The first-order valence-electron chi connectivity index (χ1n) is 7.50. The number of halogens is 1. The van der Waals surface area contributed by atoms with Crippen molar-refractivity contribution < 1.29 is 13.9 Å². The molecule has 1 aliphatic rings. The zero-order chi connectivity index (χ0) is 15.4. The van der Waals surface area contributed by atoms with E-state index in [1.165, 1.54) is 0 Å². The number of carbonyl (C=O) groups excluding carboxylic acids is 1. The summed E-state index contributed by atoms with van der Waals surface area (Å²) >= 11 is 5.93. The topological polar surface area (TPSA) is 54.7 Å². The molecule has 0 atom stereocenters. The molecule has 1 N–H and O–H groups in total. The van der Waals surface area contributed by atoms with Crippen LogP contribution in [-0.2, 0) is 4.74 Å². The van der Waals surface area contributed by atoms with Crippen LogP contribution in [-0.4, -0.2) is 50.2 Å². The molecule has 0 unspecified atom stereocenters. The van der Waals surface area contributed by atoms with E-state index < -0.39 is 0 Å². The average Bonchev–Trinajstić information content (AvgIpc) is 2.95. The molecule has 6 heteroatoms. The zero-order valence-electron chi connectivity index (χ0n) is 12.3. The number of benzene rings is 1. The van der Waals surface area contributed by atoms with E-state index in [1.807, 2.05) is 0 Å². The fraction of sp³-hybridized carbons (Fsp3) is 0.438. The van der Waals surface area contributed by atoms with Gasteiger partial charge in [-0.1, -0.05) is 11.6 Å². The first-order chi connectivity index (χ1) is 10.7. The number of hydrogen-bond acceptors (Lipinski definition) is 4. The van der Waals surface area contributed by atoms with E-state index in [4.69, 9.17) is 20.8 Å². The number of nitrogens with zero attached hydrogens (tertiary/aromatic N) is 1. The molecular weight excluding hydrogens is 304 g/mol. The second-order valence-electron chi connectivity index (χ2n) is 5.36. The van der Waals surface area contributed by atoms with Crippen LogP contribution in [0.2, 0.25) is 5.02 Å². The molecule has 22 heavy (non-hydrogen) atoms. The smallest absolute Gasteiger partial charge is 0.287 e. The Balaban J connectivity index is 1.48. The standard InChI is InChI=1S/C16H19ClN2O3/c17-13-2-3-14-12(10-13)11-15(22-14)16(20)18-4-1-5-19-6-8-21-9-7-19/h2-3,10-11H,1,4-9H2,(H,18,20). The third kappa shape index (κ3) is 3.80. The van der Waals surface area contributed by atoms with Gasteiger partial charge in [-0.25, -0.2) is 0 Å². The summed E-state index contributed by atoms with van der Waals surface area (Å²) in [6, 6.07) is 7.03. The fourth-order valence-electron chi connectivity index (χ4n) is 2.54. The van der Waals surface area contributed by atoms with Gasteiger partial charge in [0.1, 0.15) is 5.58 Å². The number of amides is 1. The van der Waals surface area contributed by atoms with Crippen molar-refractivity contribution >= 4 is 28.5 Å². The van der Waals surface area contributed by atoms with Gasteiger partial charge in [0.05, 0.1) is 13.2 Å². The highest BCUT2D eigenvalue weighted by Crippen LogP contribution is 2.22. The average molecular weight is 323 g/mol. The molecule has 0 aliphatic carbocycles. The summed E-state index contributed by atoms with van der Waals surface area (Å²) in [5, 5.41) is 4.36. The molecule has 1 aromatic carbocycles. The van der Waals surface area contributed by atoms with Crippen molar-refractivity contribution in [3.8, 4) is 0 Å². The Labute approximate surface area is 134 Å². The van der Waals surface area contributed by atoms with E-state index in [-0.39, 0.29) is 5.91 Å². The molecule has 1 aliphatic heterocycles. The molecule has 1 fully saturated rings. The van der Waals surface area contributed by atoms with E-state index in [0.29, 0.717) is 22.9 Å². The lowest BCUT2D eigenvalue weighted by molar-refractivity contribution is 0.0374. The van der Waals surface area contributed by atoms with E-state index in [1.54, 1.807) is 24.3 Å². The quantitative estimate of drug-likeness (QED) is 0.860. The van der Waals surface area contributed by atoms with Gasteiger partial charge in [-0.2, -0.15) is 0 Å². The molecule has 1 aromatic heterocycles. The number of furan rings is 1. The first kappa shape index (κ1) is 15.3. The number of fused-ring (bicyclic) bond motifs is 1. The van der Waals surface area contributed by atoms with Crippen LogP contribution in [0.25, 0.3) is 11.0 Å². The zero-order valence-corrected chi connectivity index (χ0v) is 13.1. The van der Waals surface area contributed by atoms with Gasteiger partial charge in [-0.15, -0.1) is 0 Å². The summed E-state index contributed by atoms with van der Waals surface area (Å²) in [5.41, 5.74) is 0.669. The van der Waals surface area contributed by atoms with Gasteiger partial charge < -0.3 is 14.5 Å². The highest BCUT2D eigenvalue weighted by atomic mass is 35.5. The molecule has 1 saturated heterocycles. The van der Waals surface area contributed by atoms with E-state index in [0.717, 1.165) is 44.7 Å². The number of morpholine rings is 1. The maximum absolute atomic E-state index is 12.1. The SMILES string of the molecule is O=C(NCCCN1CCOCC1)c1cc2cc(Cl)ccc2o1. The van der Waals surface area contributed by atoms with Crippen molar-refractivity contribution in [2.45, 2.75) is 6.42 Å². The van der Waals surface area contributed by atoms with Crippen molar-refractivity contribution in [1.29, 1.82) is 0 Å². The molecule has 0 radical (unpaired) electrons. The maximum Gasteiger partial charge on any atom is 0.287 e. The number of hydrogen-bond donors (Lipinski definition) is 1. The molecule has 118 valence electrons. The van der Waals surface area contributed by atoms with Crippen molar-refractivity contribution in [2.75, 3.05) is 39.4 Å². The predicted molar refractivity (Wildman–Crippen MR) is 85.4 cm³/mol. The second kappa shape index (κ2) is 7.13. The van der Waals surface area contributed by atoms with E-state index >= 15 is 0 Å². The van der Waals surface area contributed by atoms with Crippen molar-refractivity contribution in [3.05, 3.63) is 35.0 Å². The Kier molecular flexibility index (Phi) is 4.97. The highest BCUT2D eigenvalue weighted by Gasteiger charge is 2.13.